The third kappa shape index (κ3) is 4.51. The minimum Gasteiger partial charge on any atom is -0.388 e. The van der Waals surface area contributed by atoms with Gasteiger partial charge in [-0.15, -0.1) is 0 Å². The van der Waals surface area contributed by atoms with Crippen LogP contribution in [0.4, 0.5) is 10.1 Å². The van der Waals surface area contributed by atoms with E-state index in [4.69, 9.17) is 0 Å². The van der Waals surface area contributed by atoms with Gasteiger partial charge in [0.1, 0.15) is 17.2 Å². The fourth-order valence-corrected chi connectivity index (χ4v) is 3.34. The van der Waals surface area contributed by atoms with E-state index in [1.54, 1.807) is 40.9 Å². The van der Waals surface area contributed by atoms with Crippen LogP contribution in [0, 0.1) is 5.82 Å². The molecule has 6 nitrogen and oxygen atoms in total. The van der Waals surface area contributed by atoms with Crippen molar-refractivity contribution in [3.63, 3.8) is 0 Å². The number of rotatable bonds is 7. The van der Waals surface area contributed by atoms with Crippen molar-refractivity contribution in [3.05, 3.63) is 102 Å². The van der Waals surface area contributed by atoms with Gasteiger partial charge in [-0.25, -0.2) is 9.37 Å². The van der Waals surface area contributed by atoms with Crippen LogP contribution in [0.1, 0.15) is 45.4 Å². The Labute approximate surface area is 178 Å². The number of nitrogens with zero attached hydrogens (tertiary/aromatic N) is 2. The van der Waals surface area contributed by atoms with E-state index >= 15 is 0 Å². The summed E-state index contributed by atoms with van der Waals surface area (Å²) in [6, 6.07) is 18.2. The van der Waals surface area contributed by atoms with Crippen LogP contribution in [0.2, 0.25) is 0 Å². The van der Waals surface area contributed by atoms with E-state index in [9.17, 15) is 19.1 Å². The summed E-state index contributed by atoms with van der Waals surface area (Å²) in [5, 5.41) is 12.8. The number of aliphatic hydroxyl groups is 1. The molecular weight excluding hydrogens is 397 g/mol. The van der Waals surface area contributed by atoms with Gasteiger partial charge in [-0.05, 0) is 42.3 Å². The smallest absolute Gasteiger partial charge is 0.274 e. The third-order valence-electron chi connectivity index (χ3n) is 5.02. The maximum Gasteiger partial charge on any atom is 0.274 e. The van der Waals surface area contributed by atoms with Crippen molar-refractivity contribution in [1.29, 1.82) is 0 Å². The van der Waals surface area contributed by atoms with Gasteiger partial charge in [-0.2, -0.15) is 0 Å². The summed E-state index contributed by atoms with van der Waals surface area (Å²) >= 11 is 0. The molecule has 2 aromatic heterocycles. The van der Waals surface area contributed by atoms with E-state index in [0.29, 0.717) is 5.65 Å². The van der Waals surface area contributed by atoms with Gasteiger partial charge in [0.25, 0.3) is 5.91 Å². The molecule has 0 bridgehead atoms. The van der Waals surface area contributed by atoms with Crippen LogP contribution in [0.25, 0.3) is 5.65 Å². The molecule has 0 radical (unpaired) electrons. The molecule has 0 aliphatic rings. The van der Waals surface area contributed by atoms with Gasteiger partial charge in [-0.3, -0.25) is 14.0 Å². The predicted octanol–water partition coefficient (Wildman–Crippen LogP) is 4.42. The zero-order chi connectivity index (χ0) is 21.8. The van der Waals surface area contributed by atoms with Crippen molar-refractivity contribution in [1.82, 2.24) is 9.38 Å². The molecular formula is C24H20FN3O3. The second-order valence-electron chi connectivity index (χ2n) is 7.11. The number of amides is 1. The molecule has 4 aromatic rings. The number of fused-ring (bicyclic) bond motifs is 1. The van der Waals surface area contributed by atoms with Crippen molar-refractivity contribution in [3.8, 4) is 0 Å². The number of imidazole rings is 1. The Hall–Kier alpha value is -3.84. The summed E-state index contributed by atoms with van der Waals surface area (Å²) in [7, 11) is 0. The van der Waals surface area contributed by atoms with Crippen molar-refractivity contribution < 1.29 is 19.1 Å². The molecule has 31 heavy (non-hydrogen) atoms. The van der Waals surface area contributed by atoms with Crippen molar-refractivity contribution in [2.24, 2.45) is 0 Å². The van der Waals surface area contributed by atoms with Crippen LogP contribution in [0.3, 0.4) is 0 Å². The maximum atomic E-state index is 14.3. The summed E-state index contributed by atoms with van der Waals surface area (Å²) in [4.78, 5) is 29.4. The summed E-state index contributed by atoms with van der Waals surface area (Å²) < 4.78 is 15.9. The van der Waals surface area contributed by atoms with Crippen molar-refractivity contribution in [2.75, 3.05) is 5.32 Å². The van der Waals surface area contributed by atoms with Crippen LogP contribution < -0.4 is 5.32 Å². The third-order valence-corrected chi connectivity index (χ3v) is 5.02. The van der Waals surface area contributed by atoms with Crippen molar-refractivity contribution in [2.45, 2.75) is 18.9 Å². The minimum atomic E-state index is -0.764. The molecule has 1 atom stereocenters. The van der Waals surface area contributed by atoms with E-state index in [-0.39, 0.29) is 35.6 Å². The van der Waals surface area contributed by atoms with Gasteiger partial charge < -0.3 is 10.4 Å². The first-order valence-corrected chi connectivity index (χ1v) is 9.82. The first-order chi connectivity index (χ1) is 15.0. The largest absolute Gasteiger partial charge is 0.388 e. The summed E-state index contributed by atoms with van der Waals surface area (Å²) in [5.41, 5.74) is 1.74. The number of hydrogen-bond donors (Lipinski definition) is 2. The topological polar surface area (TPSA) is 83.7 Å². The highest BCUT2D eigenvalue weighted by atomic mass is 19.1. The Balaban J connectivity index is 1.46. The van der Waals surface area contributed by atoms with Gasteiger partial charge in [0.15, 0.2) is 5.78 Å². The molecule has 0 spiro atoms. The minimum absolute atomic E-state index is 0.0857. The molecule has 7 heteroatoms. The number of benzene rings is 2. The number of aliphatic hydroxyl groups excluding tert-OH is 1. The van der Waals surface area contributed by atoms with Crippen molar-refractivity contribution >= 4 is 23.0 Å². The van der Waals surface area contributed by atoms with E-state index in [0.717, 1.165) is 11.6 Å². The number of nitrogens with one attached hydrogen (secondary N) is 1. The Morgan fingerprint density at radius 1 is 1.06 bits per heavy atom. The molecule has 2 N–H and O–H groups in total. The molecule has 2 heterocycles. The molecule has 0 saturated heterocycles. The second kappa shape index (κ2) is 8.89. The fourth-order valence-electron chi connectivity index (χ4n) is 3.34. The average molecular weight is 417 g/mol. The van der Waals surface area contributed by atoms with E-state index < -0.39 is 17.8 Å². The lowest BCUT2D eigenvalue weighted by Crippen LogP contribution is -2.16. The van der Waals surface area contributed by atoms with E-state index in [1.165, 1.54) is 18.3 Å². The lowest BCUT2D eigenvalue weighted by molar-refractivity contribution is 0.0939. The number of pyridine rings is 1. The molecule has 2 aromatic carbocycles. The average Bonchev–Trinajstić information content (AvgIpc) is 3.23. The highest BCUT2D eigenvalue weighted by Gasteiger charge is 2.17. The fraction of sp³-hybridized carbons (Fsp3) is 0.125. The van der Waals surface area contributed by atoms with Crippen LogP contribution in [-0.4, -0.2) is 26.2 Å². The van der Waals surface area contributed by atoms with Crippen LogP contribution in [0.15, 0.2) is 79.1 Å². The van der Waals surface area contributed by atoms with Gasteiger partial charge >= 0.3 is 0 Å². The number of ketones is 1. The van der Waals surface area contributed by atoms with E-state index in [2.05, 4.69) is 10.3 Å². The molecule has 0 saturated carbocycles. The monoisotopic (exact) mass is 417 g/mol. The summed E-state index contributed by atoms with van der Waals surface area (Å²) in [6.07, 6.45) is 2.65. The van der Waals surface area contributed by atoms with Crippen LogP contribution >= 0.6 is 0 Å². The first-order valence-electron chi connectivity index (χ1n) is 9.82. The molecule has 4 rings (SSSR count). The van der Waals surface area contributed by atoms with Crippen LogP contribution in [0.5, 0.6) is 0 Å². The Morgan fingerprint density at radius 3 is 2.65 bits per heavy atom. The van der Waals surface area contributed by atoms with Gasteiger partial charge in [0.2, 0.25) is 0 Å². The first kappa shape index (κ1) is 20.4. The van der Waals surface area contributed by atoms with Gasteiger partial charge in [-0.1, -0.05) is 36.4 Å². The highest BCUT2D eigenvalue weighted by Crippen LogP contribution is 2.22. The number of Topliss-reactive ketones (excluding diaryl/α,β-unsaturated/α-hetero) is 1. The lowest BCUT2D eigenvalue weighted by atomic mass is 10.00. The molecule has 0 fully saturated rings. The highest BCUT2D eigenvalue weighted by molar-refractivity contribution is 6.04. The summed E-state index contributed by atoms with van der Waals surface area (Å²) in [6.45, 7) is 0. The SMILES string of the molecule is O=C(CC[C@@H](O)c1ccccc1)c1ccc(F)c(NC(=O)c2cnc3ccccn23)c1. The Kier molecular flexibility index (Phi) is 5.86. The number of carbonyl (C=O) groups is 2. The number of hydrogen-bond acceptors (Lipinski definition) is 4. The Bertz CT molecular complexity index is 1240. The molecule has 0 aliphatic carbocycles. The molecule has 0 aliphatic heterocycles. The second-order valence-corrected chi connectivity index (χ2v) is 7.11. The number of aromatic nitrogens is 2. The quantitative estimate of drug-likeness (QED) is 0.436. The molecule has 0 unspecified atom stereocenters. The van der Waals surface area contributed by atoms with Crippen LogP contribution in [-0.2, 0) is 0 Å². The molecule has 156 valence electrons. The number of anilines is 1. The lowest BCUT2D eigenvalue weighted by Gasteiger charge is -2.11. The molecule has 1 amide bonds. The standard InChI is InChI=1S/C24H20FN3O3/c25-18-10-9-17(22(30)12-11-21(29)16-6-2-1-3-7-16)14-19(18)27-24(31)20-15-26-23-8-4-5-13-28(20)23/h1-10,13-15,21,29H,11-12H2,(H,27,31)/t21-/m1/s1. The number of halogens is 1. The number of carbonyl (C=O) groups excluding carboxylic acids is 2. The summed E-state index contributed by atoms with van der Waals surface area (Å²) in [5.74, 6) is -1.44. The maximum absolute atomic E-state index is 14.3. The van der Waals surface area contributed by atoms with E-state index in [1.807, 2.05) is 18.2 Å². The van der Waals surface area contributed by atoms with Gasteiger partial charge in [0.05, 0.1) is 18.0 Å². The zero-order valence-corrected chi connectivity index (χ0v) is 16.5. The predicted molar refractivity (Wildman–Crippen MR) is 115 cm³/mol. The Morgan fingerprint density at radius 2 is 1.84 bits per heavy atom. The normalized spacial score (nSPS) is 11.9. The van der Waals surface area contributed by atoms with Gasteiger partial charge in [0, 0.05) is 18.2 Å². The zero-order valence-electron chi connectivity index (χ0n) is 16.5.